The number of esters is 1. The molecule has 0 atom stereocenters. The van der Waals surface area contributed by atoms with E-state index in [4.69, 9.17) is 4.74 Å². The molecule has 1 amide bonds. The first kappa shape index (κ1) is 25.9. The van der Waals surface area contributed by atoms with E-state index in [2.05, 4.69) is 53.2 Å². The number of anilines is 1. The Labute approximate surface area is 218 Å². The Hall–Kier alpha value is -2.17. The van der Waals surface area contributed by atoms with Crippen molar-refractivity contribution in [2.24, 2.45) is 0 Å². The summed E-state index contributed by atoms with van der Waals surface area (Å²) in [4.78, 5) is 28.0. The molecule has 0 saturated heterocycles. The molecule has 0 aliphatic heterocycles. The summed E-state index contributed by atoms with van der Waals surface area (Å²) in [6.07, 6.45) is 6.04. The molecular weight excluding hydrogens is 501 g/mol. The van der Waals surface area contributed by atoms with E-state index in [1.54, 1.807) is 11.3 Å². The number of fused-ring (bicyclic) bond motifs is 1. The number of hydrogen-bond acceptors (Lipinski definition) is 8. The van der Waals surface area contributed by atoms with E-state index in [0.717, 1.165) is 55.5 Å². The third-order valence-electron chi connectivity index (χ3n) is 6.28. The number of aryl methyl sites for hydroxylation is 2. The average Bonchev–Trinajstić information content (AvgIpc) is 3.47. The molecule has 3 aromatic heterocycles. The lowest BCUT2D eigenvalue weighted by Crippen LogP contribution is -2.17. The van der Waals surface area contributed by atoms with Gasteiger partial charge in [-0.15, -0.1) is 32.9 Å². The van der Waals surface area contributed by atoms with Crippen molar-refractivity contribution in [1.29, 1.82) is 0 Å². The number of nitrogens with zero attached hydrogens (tertiary/aromatic N) is 3. The predicted molar refractivity (Wildman–Crippen MR) is 144 cm³/mol. The topological polar surface area (TPSA) is 86.1 Å². The zero-order valence-corrected chi connectivity index (χ0v) is 23.3. The molecule has 0 saturated carbocycles. The number of carbonyl (C=O) groups excluding carboxylic acids is 2. The van der Waals surface area contributed by atoms with Crippen molar-refractivity contribution in [3.8, 4) is 11.4 Å². The SMILES string of the molecule is CCc1c(-c2nnc(SCC(=O)Nc3sc4c(c3C(=O)OC)CCCCC4)n2C(C)C)csc1C. The molecule has 1 aliphatic rings. The Morgan fingerprint density at radius 3 is 2.71 bits per heavy atom. The number of thioether (sulfide) groups is 1. The molecular formula is C25H32N4O3S3. The monoisotopic (exact) mass is 532 g/mol. The van der Waals surface area contributed by atoms with Gasteiger partial charge in [0.05, 0.1) is 18.4 Å². The highest BCUT2D eigenvalue weighted by atomic mass is 32.2. The number of nitrogens with one attached hydrogen (secondary N) is 1. The Kier molecular flexibility index (Phi) is 8.34. The number of methoxy groups -OCH3 is 1. The molecule has 1 N–H and O–H groups in total. The van der Waals surface area contributed by atoms with Crippen LogP contribution in [0.1, 0.15) is 77.3 Å². The second-order valence-corrected chi connectivity index (χ2v) is 12.0. The average molecular weight is 533 g/mol. The largest absolute Gasteiger partial charge is 0.465 e. The fourth-order valence-electron chi connectivity index (χ4n) is 4.57. The summed E-state index contributed by atoms with van der Waals surface area (Å²) < 4.78 is 7.15. The molecule has 3 aromatic rings. The van der Waals surface area contributed by atoms with E-state index in [1.165, 1.54) is 45.5 Å². The van der Waals surface area contributed by atoms with Gasteiger partial charge in [0.25, 0.3) is 0 Å². The zero-order valence-electron chi connectivity index (χ0n) is 20.9. The normalized spacial score (nSPS) is 13.5. The number of rotatable bonds is 8. The molecule has 0 bridgehead atoms. The van der Waals surface area contributed by atoms with E-state index in [9.17, 15) is 9.59 Å². The van der Waals surface area contributed by atoms with Crippen LogP contribution in [0, 0.1) is 6.92 Å². The third-order valence-corrected chi connectivity index (χ3v) is 9.38. The highest BCUT2D eigenvalue weighted by Gasteiger charge is 2.27. The van der Waals surface area contributed by atoms with Gasteiger partial charge in [-0.25, -0.2) is 4.79 Å². The van der Waals surface area contributed by atoms with Crippen LogP contribution < -0.4 is 5.32 Å². The summed E-state index contributed by atoms with van der Waals surface area (Å²) in [5, 5.41) is 15.4. The number of thiophene rings is 2. The molecule has 0 spiro atoms. The van der Waals surface area contributed by atoms with Gasteiger partial charge in [-0.1, -0.05) is 25.1 Å². The quantitative estimate of drug-likeness (QED) is 0.208. The summed E-state index contributed by atoms with van der Waals surface area (Å²) in [5.74, 6) is 0.475. The molecule has 1 aliphatic carbocycles. The van der Waals surface area contributed by atoms with Crippen LogP contribution >= 0.6 is 34.4 Å². The Bertz CT molecular complexity index is 1230. The van der Waals surface area contributed by atoms with Crippen molar-refractivity contribution < 1.29 is 14.3 Å². The molecule has 4 rings (SSSR count). The third kappa shape index (κ3) is 5.34. The summed E-state index contributed by atoms with van der Waals surface area (Å²) in [7, 11) is 1.39. The molecule has 10 heteroatoms. The minimum Gasteiger partial charge on any atom is -0.465 e. The lowest BCUT2D eigenvalue weighted by atomic mass is 10.1. The van der Waals surface area contributed by atoms with Crippen molar-refractivity contribution in [3.63, 3.8) is 0 Å². The van der Waals surface area contributed by atoms with Crippen molar-refractivity contribution in [3.05, 3.63) is 31.8 Å². The van der Waals surface area contributed by atoms with Crippen molar-refractivity contribution in [1.82, 2.24) is 14.8 Å². The van der Waals surface area contributed by atoms with Gasteiger partial charge in [-0.2, -0.15) is 0 Å². The van der Waals surface area contributed by atoms with E-state index in [1.807, 2.05) is 0 Å². The fourth-order valence-corrected chi connectivity index (χ4v) is 7.67. The number of hydrogen-bond donors (Lipinski definition) is 1. The minimum atomic E-state index is -0.380. The van der Waals surface area contributed by atoms with Crippen molar-refractivity contribution >= 4 is 51.3 Å². The highest BCUT2D eigenvalue weighted by Crippen LogP contribution is 2.38. The first-order valence-corrected chi connectivity index (χ1v) is 14.7. The lowest BCUT2D eigenvalue weighted by Gasteiger charge is -2.14. The van der Waals surface area contributed by atoms with Crippen molar-refractivity contribution in [2.45, 2.75) is 77.4 Å². The molecule has 0 radical (unpaired) electrons. The van der Waals surface area contributed by atoms with Gasteiger partial charge in [-0.3, -0.25) is 9.36 Å². The van der Waals surface area contributed by atoms with Crippen LogP contribution in [0.2, 0.25) is 0 Å². The van der Waals surface area contributed by atoms with Crippen LogP contribution in [0.3, 0.4) is 0 Å². The van der Waals surface area contributed by atoms with Gasteiger partial charge in [-0.05, 0) is 64.0 Å². The number of ether oxygens (including phenoxy) is 1. The second kappa shape index (κ2) is 11.3. The summed E-state index contributed by atoms with van der Waals surface area (Å²) >= 11 is 4.61. The minimum absolute atomic E-state index is 0.148. The van der Waals surface area contributed by atoms with Gasteiger partial charge in [0, 0.05) is 26.7 Å². The number of amides is 1. The fraction of sp³-hybridized carbons (Fsp3) is 0.520. The van der Waals surface area contributed by atoms with Crippen LogP contribution in [0.15, 0.2) is 10.5 Å². The number of carbonyl (C=O) groups is 2. The zero-order chi connectivity index (χ0) is 25.1. The smallest absolute Gasteiger partial charge is 0.341 e. The molecule has 35 heavy (non-hydrogen) atoms. The number of aromatic nitrogens is 3. The first-order chi connectivity index (χ1) is 16.8. The molecule has 0 unspecified atom stereocenters. The van der Waals surface area contributed by atoms with Gasteiger partial charge in [0.2, 0.25) is 5.91 Å². The van der Waals surface area contributed by atoms with Crippen LogP contribution in [0.25, 0.3) is 11.4 Å². The van der Waals surface area contributed by atoms with Gasteiger partial charge < -0.3 is 10.1 Å². The summed E-state index contributed by atoms with van der Waals surface area (Å²) in [5.41, 5.74) is 3.99. The molecule has 7 nitrogen and oxygen atoms in total. The predicted octanol–water partition coefficient (Wildman–Crippen LogP) is 6.31. The van der Waals surface area contributed by atoms with E-state index in [-0.39, 0.29) is 23.7 Å². The Morgan fingerprint density at radius 2 is 2.00 bits per heavy atom. The maximum atomic E-state index is 13.0. The van der Waals surface area contributed by atoms with E-state index in [0.29, 0.717) is 15.7 Å². The molecule has 0 fully saturated rings. The highest BCUT2D eigenvalue weighted by molar-refractivity contribution is 7.99. The van der Waals surface area contributed by atoms with Gasteiger partial charge in [0.15, 0.2) is 11.0 Å². The Morgan fingerprint density at radius 1 is 1.23 bits per heavy atom. The molecule has 188 valence electrons. The lowest BCUT2D eigenvalue weighted by molar-refractivity contribution is -0.113. The van der Waals surface area contributed by atoms with Crippen LogP contribution in [0.4, 0.5) is 5.00 Å². The summed E-state index contributed by atoms with van der Waals surface area (Å²) in [6.45, 7) is 8.49. The van der Waals surface area contributed by atoms with Crippen LogP contribution in [0.5, 0.6) is 0 Å². The summed E-state index contributed by atoms with van der Waals surface area (Å²) in [6, 6.07) is 0.148. The maximum absolute atomic E-state index is 13.0. The van der Waals surface area contributed by atoms with Crippen LogP contribution in [-0.4, -0.2) is 39.5 Å². The van der Waals surface area contributed by atoms with E-state index >= 15 is 0 Å². The maximum Gasteiger partial charge on any atom is 0.341 e. The Balaban J connectivity index is 1.53. The molecule has 3 heterocycles. The first-order valence-electron chi connectivity index (χ1n) is 12.0. The van der Waals surface area contributed by atoms with Gasteiger partial charge in [0.1, 0.15) is 5.00 Å². The van der Waals surface area contributed by atoms with E-state index < -0.39 is 0 Å². The standard InChI is InChI=1S/C25H32N4O3S3/c1-6-16-15(4)33-12-18(16)22-27-28-25(29(22)14(2)3)34-13-20(30)26-23-21(24(31)32-5)17-10-8-7-9-11-19(17)35-23/h12,14H,6-11,13H2,1-5H3,(H,26,30). The van der Waals surface area contributed by atoms with Gasteiger partial charge >= 0.3 is 5.97 Å². The molecule has 0 aromatic carbocycles. The second-order valence-electron chi connectivity index (χ2n) is 8.90. The van der Waals surface area contributed by atoms with Crippen molar-refractivity contribution in [2.75, 3.05) is 18.2 Å². The van der Waals surface area contributed by atoms with Crippen LogP contribution in [-0.2, 0) is 28.8 Å².